The van der Waals surface area contributed by atoms with Crippen molar-refractivity contribution in [1.82, 2.24) is 0 Å². The van der Waals surface area contributed by atoms with Crippen LogP contribution in [0.2, 0.25) is 0 Å². The Hall–Kier alpha value is -1.72. The summed E-state index contributed by atoms with van der Waals surface area (Å²) in [7, 11) is 1.65. The van der Waals surface area contributed by atoms with Crippen LogP contribution >= 0.6 is 11.3 Å². The molecule has 0 amide bonds. The standard InChI is InChI=1S/C14H15NO3S/c1-16-11-4-7-19-14(11)13(15)9-2-3-10-12(8-9)18-6-5-17-10/h2-4,7-8,13H,5-6,15H2,1H3. The molecule has 1 aliphatic rings. The lowest BCUT2D eigenvalue weighted by Crippen LogP contribution is -2.17. The van der Waals surface area contributed by atoms with Crippen LogP contribution in [-0.4, -0.2) is 20.3 Å². The molecule has 0 saturated carbocycles. The van der Waals surface area contributed by atoms with Crippen molar-refractivity contribution in [2.45, 2.75) is 6.04 Å². The topological polar surface area (TPSA) is 53.7 Å². The van der Waals surface area contributed by atoms with Crippen molar-refractivity contribution in [1.29, 1.82) is 0 Å². The predicted molar refractivity (Wildman–Crippen MR) is 74.3 cm³/mol. The quantitative estimate of drug-likeness (QED) is 0.937. The highest BCUT2D eigenvalue weighted by Gasteiger charge is 2.19. The smallest absolute Gasteiger partial charge is 0.161 e. The normalized spacial score (nSPS) is 15.1. The van der Waals surface area contributed by atoms with Gasteiger partial charge in [0.25, 0.3) is 0 Å². The summed E-state index contributed by atoms with van der Waals surface area (Å²) in [5.41, 5.74) is 7.30. The van der Waals surface area contributed by atoms with Crippen LogP contribution < -0.4 is 19.9 Å². The third-order valence-corrected chi connectivity index (χ3v) is 4.07. The van der Waals surface area contributed by atoms with E-state index in [1.165, 1.54) is 0 Å². The Labute approximate surface area is 115 Å². The van der Waals surface area contributed by atoms with Crippen LogP contribution in [0, 0.1) is 0 Å². The Kier molecular flexibility index (Phi) is 3.31. The van der Waals surface area contributed by atoms with E-state index >= 15 is 0 Å². The first-order valence-electron chi connectivity index (χ1n) is 6.06. The first-order chi connectivity index (χ1) is 9.29. The van der Waals surface area contributed by atoms with Crippen molar-refractivity contribution in [2.24, 2.45) is 5.73 Å². The molecule has 1 atom stereocenters. The van der Waals surface area contributed by atoms with Gasteiger partial charge in [0.15, 0.2) is 11.5 Å². The molecule has 19 heavy (non-hydrogen) atoms. The van der Waals surface area contributed by atoms with E-state index in [2.05, 4.69) is 0 Å². The maximum atomic E-state index is 6.30. The number of benzene rings is 1. The first kappa shape index (κ1) is 12.3. The summed E-state index contributed by atoms with van der Waals surface area (Å²) in [5, 5.41) is 1.98. The van der Waals surface area contributed by atoms with Crippen molar-refractivity contribution >= 4 is 11.3 Å². The van der Waals surface area contributed by atoms with Crippen LogP contribution in [-0.2, 0) is 0 Å². The second kappa shape index (κ2) is 5.11. The summed E-state index contributed by atoms with van der Waals surface area (Å²) < 4.78 is 16.4. The molecule has 4 nitrogen and oxygen atoms in total. The summed E-state index contributed by atoms with van der Waals surface area (Å²) in [5.74, 6) is 2.36. The highest BCUT2D eigenvalue weighted by Crippen LogP contribution is 2.37. The number of nitrogens with two attached hydrogens (primary N) is 1. The Balaban J connectivity index is 1.93. The Morgan fingerprint density at radius 2 is 2.00 bits per heavy atom. The fourth-order valence-corrected chi connectivity index (χ4v) is 3.00. The summed E-state index contributed by atoms with van der Waals surface area (Å²) in [6.07, 6.45) is 0. The van der Waals surface area contributed by atoms with E-state index in [0.717, 1.165) is 27.7 Å². The Bertz CT molecular complexity index is 582. The SMILES string of the molecule is COc1ccsc1C(N)c1ccc2c(c1)OCCO2. The molecule has 100 valence electrons. The molecule has 0 fully saturated rings. The molecular weight excluding hydrogens is 262 g/mol. The van der Waals surface area contributed by atoms with Gasteiger partial charge >= 0.3 is 0 Å². The molecule has 1 aromatic heterocycles. The third-order valence-electron chi connectivity index (χ3n) is 3.09. The molecule has 2 aromatic rings. The highest BCUT2D eigenvalue weighted by molar-refractivity contribution is 7.10. The number of hydrogen-bond acceptors (Lipinski definition) is 5. The van der Waals surface area contributed by atoms with Gasteiger partial charge in [0.05, 0.1) is 18.0 Å². The van der Waals surface area contributed by atoms with Gasteiger partial charge in [-0.1, -0.05) is 6.07 Å². The second-order valence-corrected chi connectivity index (χ2v) is 5.18. The lowest BCUT2D eigenvalue weighted by Gasteiger charge is -2.20. The number of methoxy groups -OCH3 is 1. The zero-order valence-corrected chi connectivity index (χ0v) is 11.4. The van der Waals surface area contributed by atoms with E-state index in [-0.39, 0.29) is 6.04 Å². The minimum Gasteiger partial charge on any atom is -0.496 e. The van der Waals surface area contributed by atoms with Gasteiger partial charge in [0, 0.05) is 0 Å². The van der Waals surface area contributed by atoms with Crippen molar-refractivity contribution in [2.75, 3.05) is 20.3 Å². The number of rotatable bonds is 3. The summed E-state index contributed by atoms with van der Waals surface area (Å²) in [6.45, 7) is 1.17. The number of fused-ring (bicyclic) bond motifs is 1. The fraction of sp³-hybridized carbons (Fsp3) is 0.286. The Morgan fingerprint density at radius 1 is 1.21 bits per heavy atom. The average Bonchev–Trinajstić information content (AvgIpc) is 2.94. The van der Waals surface area contributed by atoms with Gasteiger partial charge in [-0.2, -0.15) is 0 Å². The van der Waals surface area contributed by atoms with Crippen LogP contribution in [0.3, 0.4) is 0 Å². The van der Waals surface area contributed by atoms with Crippen molar-refractivity contribution in [3.63, 3.8) is 0 Å². The molecule has 0 spiro atoms. The number of ether oxygens (including phenoxy) is 3. The van der Waals surface area contributed by atoms with Gasteiger partial charge < -0.3 is 19.9 Å². The van der Waals surface area contributed by atoms with Crippen LogP contribution in [0.1, 0.15) is 16.5 Å². The van der Waals surface area contributed by atoms with Gasteiger partial charge in [0.2, 0.25) is 0 Å². The third kappa shape index (κ3) is 2.27. The van der Waals surface area contributed by atoms with E-state index in [9.17, 15) is 0 Å². The summed E-state index contributed by atoms with van der Waals surface area (Å²) in [6, 6.07) is 7.53. The molecule has 2 N–H and O–H groups in total. The molecule has 0 aliphatic carbocycles. The van der Waals surface area contributed by atoms with Crippen molar-refractivity contribution < 1.29 is 14.2 Å². The maximum absolute atomic E-state index is 6.30. The molecule has 1 aromatic carbocycles. The lowest BCUT2D eigenvalue weighted by atomic mass is 10.0. The lowest BCUT2D eigenvalue weighted by molar-refractivity contribution is 0.171. The van der Waals surface area contributed by atoms with Crippen molar-refractivity contribution in [3.05, 3.63) is 40.1 Å². The molecule has 5 heteroatoms. The zero-order chi connectivity index (χ0) is 13.2. The molecule has 2 heterocycles. The van der Waals surface area contributed by atoms with E-state index in [1.807, 2.05) is 29.6 Å². The van der Waals surface area contributed by atoms with E-state index in [1.54, 1.807) is 18.4 Å². The number of hydrogen-bond donors (Lipinski definition) is 1. The van der Waals surface area contributed by atoms with Crippen molar-refractivity contribution in [3.8, 4) is 17.2 Å². The predicted octanol–water partition coefficient (Wildman–Crippen LogP) is 2.58. The monoisotopic (exact) mass is 277 g/mol. The highest BCUT2D eigenvalue weighted by atomic mass is 32.1. The largest absolute Gasteiger partial charge is 0.496 e. The number of thiophene rings is 1. The second-order valence-electron chi connectivity index (χ2n) is 4.23. The average molecular weight is 277 g/mol. The molecule has 3 rings (SSSR count). The van der Waals surface area contributed by atoms with Gasteiger partial charge in [-0.25, -0.2) is 0 Å². The van der Waals surface area contributed by atoms with Gasteiger partial charge in [-0.05, 0) is 29.1 Å². The molecule has 0 bridgehead atoms. The van der Waals surface area contributed by atoms with E-state index in [4.69, 9.17) is 19.9 Å². The zero-order valence-electron chi connectivity index (χ0n) is 10.6. The fourth-order valence-electron chi connectivity index (χ4n) is 2.11. The molecule has 1 unspecified atom stereocenters. The molecule has 1 aliphatic heterocycles. The van der Waals surface area contributed by atoms with Crippen LogP contribution in [0.5, 0.6) is 17.2 Å². The summed E-state index contributed by atoms with van der Waals surface area (Å²) in [4.78, 5) is 1.01. The van der Waals surface area contributed by atoms with Crippen LogP contribution in [0.4, 0.5) is 0 Å². The first-order valence-corrected chi connectivity index (χ1v) is 6.94. The van der Waals surface area contributed by atoms with Crippen LogP contribution in [0.15, 0.2) is 29.6 Å². The van der Waals surface area contributed by atoms with Crippen LogP contribution in [0.25, 0.3) is 0 Å². The minimum absolute atomic E-state index is 0.217. The van der Waals surface area contributed by atoms with E-state index in [0.29, 0.717) is 13.2 Å². The maximum Gasteiger partial charge on any atom is 0.161 e. The molecule has 0 saturated heterocycles. The Morgan fingerprint density at radius 3 is 2.79 bits per heavy atom. The van der Waals surface area contributed by atoms with E-state index < -0.39 is 0 Å². The molecular formula is C14H15NO3S. The molecule has 0 radical (unpaired) electrons. The van der Waals surface area contributed by atoms with Gasteiger partial charge in [0.1, 0.15) is 19.0 Å². The van der Waals surface area contributed by atoms with Gasteiger partial charge in [-0.3, -0.25) is 0 Å². The van der Waals surface area contributed by atoms with Gasteiger partial charge in [-0.15, -0.1) is 11.3 Å². The minimum atomic E-state index is -0.217. The summed E-state index contributed by atoms with van der Waals surface area (Å²) >= 11 is 1.59.